The lowest BCUT2D eigenvalue weighted by Crippen LogP contribution is -1.94. The van der Waals surface area contributed by atoms with Gasteiger partial charge in [-0.15, -0.1) is 0 Å². The van der Waals surface area contributed by atoms with Crippen LogP contribution in [0.15, 0.2) is 36.4 Å². The summed E-state index contributed by atoms with van der Waals surface area (Å²) in [7, 11) is 0. The normalized spacial score (nSPS) is 10.4. The Bertz CT molecular complexity index is 564. The van der Waals surface area contributed by atoms with Gasteiger partial charge < -0.3 is 9.84 Å². The number of aryl methyl sites for hydroxylation is 2. The average molecular weight is 246 g/mol. The van der Waals surface area contributed by atoms with Crippen molar-refractivity contribution in [3.8, 4) is 11.5 Å². The number of rotatable bonds is 3. The predicted molar refractivity (Wildman–Crippen MR) is 68.3 cm³/mol. The quantitative estimate of drug-likeness (QED) is 0.894. The third kappa shape index (κ3) is 2.68. The van der Waals surface area contributed by atoms with Crippen LogP contribution in [0.1, 0.15) is 16.7 Å². The van der Waals surface area contributed by atoms with Crippen LogP contribution >= 0.6 is 0 Å². The van der Waals surface area contributed by atoms with Gasteiger partial charge in [0.25, 0.3) is 0 Å². The van der Waals surface area contributed by atoms with Crippen LogP contribution in [-0.4, -0.2) is 5.11 Å². The Hall–Kier alpha value is -1.87. The lowest BCUT2D eigenvalue weighted by molar-refractivity contribution is 0.276. The van der Waals surface area contributed by atoms with E-state index in [0.717, 1.165) is 11.1 Å². The van der Waals surface area contributed by atoms with Crippen LogP contribution < -0.4 is 4.74 Å². The first kappa shape index (κ1) is 12.6. The highest BCUT2D eigenvalue weighted by Gasteiger charge is 2.08. The molecule has 0 heterocycles. The number of aliphatic hydroxyl groups excluding tert-OH is 1. The molecule has 1 N–H and O–H groups in total. The summed E-state index contributed by atoms with van der Waals surface area (Å²) in [5.41, 5.74) is 2.59. The molecule has 2 aromatic rings. The first-order chi connectivity index (χ1) is 8.60. The Kier molecular flexibility index (Phi) is 3.63. The second-order valence-corrected chi connectivity index (χ2v) is 4.31. The highest BCUT2D eigenvalue weighted by atomic mass is 19.1. The second kappa shape index (κ2) is 5.19. The van der Waals surface area contributed by atoms with E-state index in [0.29, 0.717) is 11.3 Å². The van der Waals surface area contributed by atoms with Crippen LogP contribution in [0, 0.1) is 19.7 Å². The van der Waals surface area contributed by atoms with Crippen molar-refractivity contribution in [3.05, 3.63) is 58.9 Å². The van der Waals surface area contributed by atoms with Crippen molar-refractivity contribution >= 4 is 0 Å². The molecule has 3 heteroatoms. The number of benzene rings is 2. The van der Waals surface area contributed by atoms with Crippen LogP contribution in [0.5, 0.6) is 11.5 Å². The maximum absolute atomic E-state index is 13.6. The molecule has 18 heavy (non-hydrogen) atoms. The van der Waals surface area contributed by atoms with Gasteiger partial charge in [-0.2, -0.15) is 0 Å². The minimum Gasteiger partial charge on any atom is -0.454 e. The predicted octanol–water partition coefficient (Wildman–Crippen LogP) is 3.73. The smallest absolute Gasteiger partial charge is 0.165 e. The van der Waals surface area contributed by atoms with Crippen molar-refractivity contribution in [2.45, 2.75) is 20.5 Å². The number of ether oxygens (including phenoxy) is 1. The molecule has 2 aromatic carbocycles. The first-order valence-corrected chi connectivity index (χ1v) is 5.74. The maximum Gasteiger partial charge on any atom is 0.165 e. The Morgan fingerprint density at radius 2 is 1.67 bits per heavy atom. The molecule has 0 aliphatic carbocycles. The minimum absolute atomic E-state index is 0.134. The molecular weight excluding hydrogens is 231 g/mol. The molecule has 0 bridgehead atoms. The summed E-state index contributed by atoms with van der Waals surface area (Å²) in [6.45, 7) is 3.66. The molecule has 94 valence electrons. The van der Waals surface area contributed by atoms with Gasteiger partial charge in [0.2, 0.25) is 0 Å². The van der Waals surface area contributed by atoms with Crippen molar-refractivity contribution < 1.29 is 14.2 Å². The van der Waals surface area contributed by atoms with Crippen molar-refractivity contribution in [3.63, 3.8) is 0 Å². The highest BCUT2D eigenvalue weighted by molar-refractivity contribution is 5.41. The van der Waals surface area contributed by atoms with E-state index in [9.17, 15) is 9.50 Å². The lowest BCUT2D eigenvalue weighted by atomic mass is 10.1. The van der Waals surface area contributed by atoms with Gasteiger partial charge in [0, 0.05) is 5.56 Å². The summed E-state index contributed by atoms with van der Waals surface area (Å²) in [6, 6.07) is 10.1. The molecule has 0 fully saturated rings. The van der Waals surface area contributed by atoms with Gasteiger partial charge in [0.05, 0.1) is 6.61 Å². The van der Waals surface area contributed by atoms with Crippen LogP contribution in [0.3, 0.4) is 0 Å². The molecule has 0 unspecified atom stereocenters. The number of aliphatic hydroxyl groups is 1. The van der Waals surface area contributed by atoms with Crippen LogP contribution in [0.2, 0.25) is 0 Å². The number of hydrogen-bond donors (Lipinski definition) is 1. The van der Waals surface area contributed by atoms with Crippen molar-refractivity contribution in [2.24, 2.45) is 0 Å². The maximum atomic E-state index is 13.6. The topological polar surface area (TPSA) is 29.5 Å². The molecule has 2 rings (SSSR count). The molecule has 0 atom stereocenters. The summed E-state index contributed by atoms with van der Waals surface area (Å²) >= 11 is 0. The van der Waals surface area contributed by atoms with Crippen LogP contribution in [0.25, 0.3) is 0 Å². The van der Waals surface area contributed by atoms with E-state index in [4.69, 9.17) is 4.74 Å². The largest absolute Gasteiger partial charge is 0.454 e. The van der Waals surface area contributed by atoms with Gasteiger partial charge >= 0.3 is 0 Å². The molecule has 0 spiro atoms. The SMILES string of the molecule is Cc1ccc(Oc2cc(C)ccc2F)c(CO)c1. The Balaban J connectivity index is 2.36. The van der Waals surface area contributed by atoms with Gasteiger partial charge in [0.1, 0.15) is 5.75 Å². The fraction of sp³-hybridized carbons (Fsp3) is 0.200. The minimum atomic E-state index is -0.412. The fourth-order valence-corrected chi connectivity index (χ4v) is 1.74. The van der Waals surface area contributed by atoms with Crippen molar-refractivity contribution in [1.29, 1.82) is 0 Å². The molecule has 0 saturated carbocycles. The zero-order chi connectivity index (χ0) is 13.1. The van der Waals surface area contributed by atoms with Gasteiger partial charge in [0.15, 0.2) is 11.6 Å². The summed E-state index contributed by atoms with van der Waals surface area (Å²) < 4.78 is 19.1. The van der Waals surface area contributed by atoms with Gasteiger partial charge in [-0.25, -0.2) is 4.39 Å². The van der Waals surface area contributed by atoms with Gasteiger partial charge in [-0.05, 0) is 37.6 Å². The number of halogens is 1. The molecule has 0 radical (unpaired) electrons. The van der Waals surface area contributed by atoms with E-state index in [1.165, 1.54) is 6.07 Å². The van der Waals surface area contributed by atoms with E-state index < -0.39 is 5.82 Å². The molecule has 0 aromatic heterocycles. The second-order valence-electron chi connectivity index (χ2n) is 4.31. The lowest BCUT2D eigenvalue weighted by Gasteiger charge is -2.11. The van der Waals surface area contributed by atoms with E-state index in [-0.39, 0.29) is 12.4 Å². The van der Waals surface area contributed by atoms with Gasteiger partial charge in [-0.1, -0.05) is 23.8 Å². The van der Waals surface area contributed by atoms with E-state index >= 15 is 0 Å². The zero-order valence-electron chi connectivity index (χ0n) is 10.4. The zero-order valence-corrected chi connectivity index (χ0v) is 10.4. The van der Waals surface area contributed by atoms with Crippen molar-refractivity contribution in [2.75, 3.05) is 0 Å². The Morgan fingerprint density at radius 1 is 1.00 bits per heavy atom. The highest BCUT2D eigenvalue weighted by Crippen LogP contribution is 2.28. The third-order valence-electron chi connectivity index (χ3n) is 2.69. The molecular formula is C15H15FO2. The molecule has 0 aliphatic rings. The third-order valence-corrected chi connectivity index (χ3v) is 2.69. The van der Waals surface area contributed by atoms with E-state index in [2.05, 4.69) is 0 Å². The summed E-state index contributed by atoms with van der Waals surface area (Å²) in [5.74, 6) is 0.242. The first-order valence-electron chi connectivity index (χ1n) is 5.74. The molecule has 0 aliphatic heterocycles. The van der Waals surface area contributed by atoms with E-state index in [1.807, 2.05) is 26.0 Å². The van der Waals surface area contributed by atoms with E-state index in [1.54, 1.807) is 18.2 Å². The van der Waals surface area contributed by atoms with Crippen molar-refractivity contribution in [1.82, 2.24) is 0 Å². The Morgan fingerprint density at radius 3 is 2.39 bits per heavy atom. The van der Waals surface area contributed by atoms with Gasteiger partial charge in [-0.3, -0.25) is 0 Å². The monoisotopic (exact) mass is 246 g/mol. The average Bonchev–Trinajstić information content (AvgIpc) is 2.36. The molecule has 0 amide bonds. The standard InChI is InChI=1S/C15H15FO2/c1-10-4-6-14(12(7-10)9-17)18-15-8-11(2)3-5-13(15)16/h3-8,17H,9H2,1-2H3. The van der Waals surface area contributed by atoms with Crippen LogP contribution in [0.4, 0.5) is 4.39 Å². The van der Waals surface area contributed by atoms with Crippen LogP contribution in [-0.2, 0) is 6.61 Å². The fourth-order valence-electron chi connectivity index (χ4n) is 1.74. The molecule has 0 saturated heterocycles. The number of hydrogen-bond acceptors (Lipinski definition) is 2. The Labute approximate surface area is 106 Å². The molecule has 2 nitrogen and oxygen atoms in total. The summed E-state index contributed by atoms with van der Waals surface area (Å²) in [6.07, 6.45) is 0. The summed E-state index contributed by atoms with van der Waals surface area (Å²) in [4.78, 5) is 0. The summed E-state index contributed by atoms with van der Waals surface area (Å²) in [5, 5.41) is 9.27.